The SMILES string of the molecule is CC(C)CN(CC(=O)N1CCc2sccc2[C@H]1c1ccc(C(C)(C)C)cc1)C(=O)c1cccc(C(F)(F)F)c1. The average molecular weight is 557 g/mol. The summed E-state index contributed by atoms with van der Waals surface area (Å²) in [5.74, 6) is -0.779. The van der Waals surface area contributed by atoms with Crippen LogP contribution in [-0.4, -0.2) is 41.2 Å². The number of amides is 2. The molecule has 0 bridgehead atoms. The fourth-order valence-electron chi connectivity index (χ4n) is 5.04. The predicted molar refractivity (Wildman–Crippen MR) is 149 cm³/mol. The fourth-order valence-corrected chi connectivity index (χ4v) is 5.94. The summed E-state index contributed by atoms with van der Waals surface area (Å²) < 4.78 is 39.9. The Bertz CT molecular complexity index is 1320. The molecule has 0 saturated carbocycles. The smallest absolute Gasteiger partial charge is 0.330 e. The molecule has 2 amide bonds. The Kier molecular flexibility index (Phi) is 8.26. The molecule has 4 rings (SSSR count). The van der Waals surface area contributed by atoms with Crippen molar-refractivity contribution >= 4 is 23.2 Å². The Morgan fingerprint density at radius 1 is 1.03 bits per heavy atom. The van der Waals surface area contributed by atoms with Gasteiger partial charge in [-0.15, -0.1) is 11.3 Å². The maximum absolute atomic E-state index is 13.8. The molecule has 0 N–H and O–H groups in total. The van der Waals surface area contributed by atoms with Gasteiger partial charge >= 0.3 is 6.18 Å². The van der Waals surface area contributed by atoms with Crippen molar-refractivity contribution in [3.05, 3.63) is 92.7 Å². The standard InChI is InChI=1S/C31H35F3N2O2S/c1-20(2)18-35(29(38)22-7-6-8-24(17-22)31(32,33)34)19-27(37)36-15-13-26-25(14-16-39-26)28(36)21-9-11-23(12-10-21)30(3,4)5/h6-12,14,16-17,20,28H,13,15,18-19H2,1-5H3/t28-/m1/s1. The maximum atomic E-state index is 13.8. The van der Waals surface area contributed by atoms with Gasteiger partial charge in [-0.05, 0) is 64.1 Å². The first-order valence-electron chi connectivity index (χ1n) is 13.2. The molecule has 0 unspecified atom stereocenters. The van der Waals surface area contributed by atoms with Gasteiger partial charge < -0.3 is 9.80 Å². The van der Waals surface area contributed by atoms with E-state index in [1.807, 2.05) is 24.1 Å². The first-order valence-corrected chi connectivity index (χ1v) is 14.1. The molecule has 0 fully saturated rings. The minimum Gasteiger partial charge on any atom is -0.330 e. The van der Waals surface area contributed by atoms with Crippen LogP contribution in [0, 0.1) is 5.92 Å². The second kappa shape index (κ2) is 11.2. The quantitative estimate of drug-likeness (QED) is 0.319. The van der Waals surface area contributed by atoms with Gasteiger partial charge in [-0.25, -0.2) is 0 Å². The van der Waals surface area contributed by atoms with Crippen LogP contribution in [0.4, 0.5) is 13.2 Å². The monoisotopic (exact) mass is 556 g/mol. The minimum atomic E-state index is -4.56. The second-order valence-corrected chi connectivity index (χ2v) is 12.6. The van der Waals surface area contributed by atoms with Gasteiger partial charge in [0.25, 0.3) is 5.91 Å². The van der Waals surface area contributed by atoms with Gasteiger partial charge in [0, 0.05) is 23.5 Å². The lowest BCUT2D eigenvalue weighted by molar-refractivity contribution is -0.137. The van der Waals surface area contributed by atoms with Crippen molar-refractivity contribution < 1.29 is 22.8 Å². The van der Waals surface area contributed by atoms with Gasteiger partial charge in [-0.1, -0.05) is 65.0 Å². The van der Waals surface area contributed by atoms with Crippen molar-refractivity contribution in [3.63, 3.8) is 0 Å². The molecule has 3 aromatic rings. The fraction of sp³-hybridized carbons (Fsp3) is 0.419. The number of carbonyl (C=O) groups excluding carboxylic acids is 2. The van der Waals surface area contributed by atoms with E-state index in [2.05, 4.69) is 51.1 Å². The summed E-state index contributed by atoms with van der Waals surface area (Å²) in [7, 11) is 0. The molecular weight excluding hydrogens is 521 g/mol. The topological polar surface area (TPSA) is 40.6 Å². The zero-order valence-electron chi connectivity index (χ0n) is 23.0. The van der Waals surface area contributed by atoms with Crippen LogP contribution < -0.4 is 0 Å². The number of halogens is 3. The van der Waals surface area contributed by atoms with Crippen LogP contribution in [0.2, 0.25) is 0 Å². The van der Waals surface area contributed by atoms with Crippen LogP contribution in [0.1, 0.15) is 78.1 Å². The number of fused-ring (bicyclic) bond motifs is 1. The lowest BCUT2D eigenvalue weighted by atomic mass is 9.85. The molecule has 1 atom stereocenters. The second-order valence-electron chi connectivity index (χ2n) is 11.6. The van der Waals surface area contributed by atoms with Gasteiger partial charge in [0.2, 0.25) is 5.91 Å². The van der Waals surface area contributed by atoms with E-state index >= 15 is 0 Å². The van der Waals surface area contributed by atoms with Crippen molar-refractivity contribution in [3.8, 4) is 0 Å². The molecule has 0 radical (unpaired) electrons. The van der Waals surface area contributed by atoms with E-state index in [0.717, 1.165) is 29.7 Å². The van der Waals surface area contributed by atoms with Crippen molar-refractivity contribution in [2.75, 3.05) is 19.6 Å². The summed E-state index contributed by atoms with van der Waals surface area (Å²) in [6, 6.07) is 14.5. The molecule has 208 valence electrons. The number of hydrogen-bond donors (Lipinski definition) is 0. The van der Waals surface area contributed by atoms with E-state index in [1.54, 1.807) is 11.3 Å². The van der Waals surface area contributed by atoms with Crippen molar-refractivity contribution in [1.29, 1.82) is 0 Å². The van der Waals surface area contributed by atoms with Gasteiger partial charge in [-0.3, -0.25) is 9.59 Å². The molecule has 8 heteroatoms. The van der Waals surface area contributed by atoms with E-state index < -0.39 is 17.6 Å². The molecule has 0 spiro atoms. The Morgan fingerprint density at radius 3 is 2.33 bits per heavy atom. The van der Waals surface area contributed by atoms with Gasteiger partial charge in [0.05, 0.1) is 11.6 Å². The largest absolute Gasteiger partial charge is 0.416 e. The zero-order valence-corrected chi connectivity index (χ0v) is 23.8. The predicted octanol–water partition coefficient (Wildman–Crippen LogP) is 7.34. The molecule has 4 nitrogen and oxygen atoms in total. The van der Waals surface area contributed by atoms with Crippen LogP contribution in [0.25, 0.3) is 0 Å². The van der Waals surface area contributed by atoms with E-state index in [9.17, 15) is 22.8 Å². The maximum Gasteiger partial charge on any atom is 0.416 e. The zero-order chi connectivity index (χ0) is 28.5. The Hall–Kier alpha value is -3.13. The summed E-state index contributed by atoms with van der Waals surface area (Å²) in [6.07, 6.45) is -3.84. The summed E-state index contributed by atoms with van der Waals surface area (Å²) in [5.41, 5.74) is 2.31. The number of rotatable bonds is 6. The van der Waals surface area contributed by atoms with Crippen LogP contribution >= 0.6 is 11.3 Å². The molecule has 1 aliphatic rings. The van der Waals surface area contributed by atoms with Crippen molar-refractivity contribution in [2.45, 2.75) is 58.7 Å². The molecule has 1 aliphatic heterocycles. The van der Waals surface area contributed by atoms with Crippen LogP contribution in [0.5, 0.6) is 0 Å². The van der Waals surface area contributed by atoms with Gasteiger partial charge in [0.1, 0.15) is 6.54 Å². The highest BCUT2D eigenvalue weighted by Gasteiger charge is 2.35. The van der Waals surface area contributed by atoms with Crippen molar-refractivity contribution in [2.24, 2.45) is 5.92 Å². The van der Waals surface area contributed by atoms with Gasteiger partial charge in [0.15, 0.2) is 0 Å². The third-order valence-electron chi connectivity index (χ3n) is 7.01. The number of benzene rings is 2. The molecular formula is C31H35F3N2O2S. The number of carbonyl (C=O) groups is 2. The van der Waals surface area contributed by atoms with E-state index in [1.165, 1.54) is 27.5 Å². The molecule has 0 aliphatic carbocycles. The average Bonchev–Trinajstić information content (AvgIpc) is 3.35. The number of hydrogen-bond acceptors (Lipinski definition) is 3. The number of thiophene rings is 1. The molecule has 2 heterocycles. The third-order valence-corrected chi connectivity index (χ3v) is 8.01. The summed E-state index contributed by atoms with van der Waals surface area (Å²) >= 11 is 1.68. The Labute approximate surface area is 232 Å². The van der Waals surface area contributed by atoms with Gasteiger partial charge in [-0.2, -0.15) is 13.2 Å². The summed E-state index contributed by atoms with van der Waals surface area (Å²) in [5, 5.41) is 2.04. The molecule has 2 aromatic carbocycles. The van der Waals surface area contributed by atoms with Crippen LogP contribution in [0.15, 0.2) is 60.0 Å². The normalized spacial score (nSPS) is 15.8. The number of nitrogens with zero attached hydrogens (tertiary/aromatic N) is 2. The minimum absolute atomic E-state index is 0.00469. The Balaban J connectivity index is 1.64. The lowest BCUT2D eigenvalue weighted by Gasteiger charge is -2.38. The van der Waals surface area contributed by atoms with Crippen molar-refractivity contribution in [1.82, 2.24) is 9.80 Å². The third kappa shape index (κ3) is 6.55. The Morgan fingerprint density at radius 2 is 1.72 bits per heavy atom. The summed E-state index contributed by atoms with van der Waals surface area (Å²) in [6.45, 7) is 10.8. The first kappa shape index (κ1) is 28.9. The van der Waals surface area contributed by atoms with E-state index in [0.29, 0.717) is 6.54 Å². The first-order chi connectivity index (χ1) is 18.3. The number of alkyl halides is 3. The highest BCUT2D eigenvalue weighted by Crippen LogP contribution is 2.38. The molecule has 0 saturated heterocycles. The summed E-state index contributed by atoms with van der Waals surface area (Å²) in [4.78, 5) is 31.7. The van der Waals surface area contributed by atoms with E-state index in [4.69, 9.17) is 0 Å². The van der Waals surface area contributed by atoms with Crippen LogP contribution in [-0.2, 0) is 22.8 Å². The van der Waals surface area contributed by atoms with E-state index in [-0.39, 0.29) is 41.9 Å². The molecule has 39 heavy (non-hydrogen) atoms. The highest BCUT2D eigenvalue weighted by molar-refractivity contribution is 7.10. The highest BCUT2D eigenvalue weighted by atomic mass is 32.1. The van der Waals surface area contributed by atoms with Crippen LogP contribution in [0.3, 0.4) is 0 Å². The molecule has 1 aromatic heterocycles. The lowest BCUT2D eigenvalue weighted by Crippen LogP contribution is -2.47.